The van der Waals surface area contributed by atoms with Crippen LogP contribution in [0.15, 0.2) is 12.2 Å². The number of ketones is 1. The number of carbonyl (C=O) groups excluding carboxylic acids is 1. The molecule has 24 heavy (non-hydrogen) atoms. The molecule has 4 saturated carbocycles. The van der Waals surface area contributed by atoms with E-state index in [0.29, 0.717) is 32.1 Å². The van der Waals surface area contributed by atoms with Crippen molar-refractivity contribution >= 4 is 11.8 Å². The fourth-order valence-electron chi connectivity index (χ4n) is 7.21. The molecule has 0 heterocycles. The topological polar surface area (TPSA) is 74.6 Å². The molecule has 0 aromatic heterocycles. The van der Waals surface area contributed by atoms with Gasteiger partial charge in [-0.1, -0.05) is 19.9 Å². The zero-order chi connectivity index (χ0) is 17.5. The molecule has 4 heteroatoms. The van der Waals surface area contributed by atoms with Crippen LogP contribution in [-0.2, 0) is 9.59 Å². The lowest BCUT2D eigenvalue weighted by Crippen LogP contribution is -2.62. The van der Waals surface area contributed by atoms with Gasteiger partial charge in [0.2, 0.25) is 0 Å². The van der Waals surface area contributed by atoms with E-state index in [1.807, 2.05) is 6.92 Å². The van der Waals surface area contributed by atoms with Gasteiger partial charge in [0.1, 0.15) is 5.78 Å². The minimum absolute atomic E-state index is 0.0977. The van der Waals surface area contributed by atoms with Gasteiger partial charge < -0.3 is 10.2 Å². The highest BCUT2D eigenvalue weighted by atomic mass is 16.4. The fraction of sp³-hybridized carbons (Fsp3) is 0.800. The summed E-state index contributed by atoms with van der Waals surface area (Å²) in [5.74, 6) is -0.499. The van der Waals surface area contributed by atoms with Crippen LogP contribution in [0.4, 0.5) is 0 Å². The van der Waals surface area contributed by atoms with Gasteiger partial charge in [-0.05, 0) is 68.3 Å². The zero-order valence-electron chi connectivity index (χ0n) is 14.7. The Balaban J connectivity index is 1.82. The number of rotatable bonds is 1. The third-order valence-electron chi connectivity index (χ3n) is 8.51. The van der Waals surface area contributed by atoms with Crippen LogP contribution in [0.2, 0.25) is 0 Å². The van der Waals surface area contributed by atoms with E-state index in [1.165, 1.54) is 0 Å². The number of hydrogen-bond donors (Lipinski definition) is 2. The average molecular weight is 332 g/mol. The molecule has 2 N–H and O–H groups in total. The van der Waals surface area contributed by atoms with Crippen LogP contribution in [0.5, 0.6) is 0 Å². The number of Topliss-reactive ketones (excluding diaryl/α,β-unsaturated/α-hetero) is 1. The molecule has 0 radical (unpaired) electrons. The number of carboxylic acids is 1. The smallest absolute Gasteiger partial charge is 0.309 e. The monoisotopic (exact) mass is 332 g/mol. The van der Waals surface area contributed by atoms with E-state index < -0.39 is 22.4 Å². The Morgan fingerprint density at radius 3 is 2.58 bits per heavy atom. The molecular formula is C20H28O4. The fourth-order valence-corrected chi connectivity index (χ4v) is 7.21. The zero-order valence-corrected chi connectivity index (χ0v) is 14.7. The standard InChI is InChI=1S/C20H28O4/c1-12-10-19-11-20(12,24)8-5-13(19)17(2)6-4-7-18(3,16(22)23)14(17)9-15(19)21/h13-14,24H,1,4-11H2,2-3H3,(H,22,23)/t13-,14-,17-,18+,19-,20-/m0/s1. The lowest BCUT2D eigenvalue weighted by molar-refractivity contribution is -0.189. The molecule has 4 nitrogen and oxygen atoms in total. The summed E-state index contributed by atoms with van der Waals surface area (Å²) in [6.07, 6.45) is 5.48. The molecule has 4 rings (SSSR count). The lowest BCUT2D eigenvalue weighted by Gasteiger charge is -2.62. The second kappa shape index (κ2) is 4.51. The van der Waals surface area contributed by atoms with E-state index in [0.717, 1.165) is 24.8 Å². The quantitative estimate of drug-likeness (QED) is 0.722. The lowest BCUT2D eigenvalue weighted by atomic mass is 9.40. The number of hydrogen-bond acceptors (Lipinski definition) is 3. The van der Waals surface area contributed by atoms with Crippen molar-refractivity contribution in [2.45, 2.75) is 70.8 Å². The summed E-state index contributed by atoms with van der Waals surface area (Å²) < 4.78 is 0. The molecule has 0 aromatic rings. The molecule has 2 bridgehead atoms. The maximum absolute atomic E-state index is 13.3. The van der Waals surface area contributed by atoms with Gasteiger partial charge in [0, 0.05) is 11.8 Å². The van der Waals surface area contributed by atoms with Crippen LogP contribution in [0.3, 0.4) is 0 Å². The number of fused-ring (bicyclic) bond motifs is 3. The van der Waals surface area contributed by atoms with Gasteiger partial charge >= 0.3 is 5.97 Å². The van der Waals surface area contributed by atoms with E-state index in [-0.39, 0.29) is 23.0 Å². The van der Waals surface area contributed by atoms with Crippen LogP contribution in [0, 0.1) is 28.1 Å². The molecule has 4 fully saturated rings. The van der Waals surface area contributed by atoms with Crippen molar-refractivity contribution in [3.8, 4) is 0 Å². The van der Waals surface area contributed by atoms with Crippen LogP contribution < -0.4 is 0 Å². The summed E-state index contributed by atoms with van der Waals surface area (Å²) in [4.78, 5) is 25.3. The Hall–Kier alpha value is -1.16. The third-order valence-corrected chi connectivity index (χ3v) is 8.51. The third kappa shape index (κ3) is 1.68. The Kier molecular flexibility index (Phi) is 3.07. The van der Waals surface area contributed by atoms with Crippen LogP contribution in [0.25, 0.3) is 0 Å². The first-order chi connectivity index (χ1) is 11.1. The van der Waals surface area contributed by atoms with E-state index >= 15 is 0 Å². The maximum Gasteiger partial charge on any atom is 0.309 e. The second-order valence-electron chi connectivity index (χ2n) is 9.50. The Labute approximate surface area is 143 Å². The summed E-state index contributed by atoms with van der Waals surface area (Å²) in [5.41, 5.74) is -1.50. The van der Waals surface area contributed by atoms with Gasteiger partial charge in [-0.2, -0.15) is 0 Å². The van der Waals surface area contributed by atoms with Crippen LogP contribution in [0.1, 0.15) is 65.2 Å². The van der Waals surface area contributed by atoms with Crippen LogP contribution in [-0.4, -0.2) is 27.6 Å². The van der Waals surface area contributed by atoms with E-state index in [1.54, 1.807) is 0 Å². The first-order valence-electron chi connectivity index (χ1n) is 9.26. The van der Waals surface area contributed by atoms with Crippen molar-refractivity contribution in [1.82, 2.24) is 0 Å². The van der Waals surface area contributed by atoms with Gasteiger partial charge in [0.15, 0.2) is 0 Å². The van der Waals surface area contributed by atoms with Crippen molar-refractivity contribution in [2.75, 3.05) is 0 Å². The molecule has 0 unspecified atom stereocenters. The molecule has 4 aliphatic carbocycles. The number of aliphatic hydroxyl groups is 1. The largest absolute Gasteiger partial charge is 0.481 e. The predicted octanol–water partition coefficient (Wildman–Crippen LogP) is 3.33. The summed E-state index contributed by atoms with van der Waals surface area (Å²) in [6.45, 7) is 8.14. The van der Waals surface area contributed by atoms with Gasteiger partial charge in [-0.3, -0.25) is 9.59 Å². The SMILES string of the molecule is C=C1C[C@]23C[C@@]1(O)CC[C@H]2[C@]1(C)CCC[C@@](C)(C(=O)O)[C@H]1CC3=O. The van der Waals surface area contributed by atoms with Gasteiger partial charge in [0.25, 0.3) is 0 Å². The second-order valence-corrected chi connectivity index (χ2v) is 9.50. The first-order valence-corrected chi connectivity index (χ1v) is 9.26. The van der Waals surface area contributed by atoms with E-state index in [2.05, 4.69) is 13.5 Å². The Bertz CT molecular complexity index is 654. The molecule has 4 aliphatic rings. The maximum atomic E-state index is 13.3. The Morgan fingerprint density at radius 2 is 1.92 bits per heavy atom. The average Bonchev–Trinajstić information content (AvgIpc) is 2.68. The molecule has 0 saturated heterocycles. The summed E-state index contributed by atoms with van der Waals surface area (Å²) in [6, 6.07) is 0. The highest BCUT2D eigenvalue weighted by Crippen LogP contribution is 2.71. The molecule has 132 valence electrons. The number of carboxylic acid groups (broad SMARTS) is 1. The Morgan fingerprint density at radius 1 is 1.21 bits per heavy atom. The summed E-state index contributed by atoms with van der Waals surface area (Å²) >= 11 is 0. The van der Waals surface area contributed by atoms with E-state index in [4.69, 9.17) is 0 Å². The first kappa shape index (κ1) is 16.3. The van der Waals surface area contributed by atoms with Gasteiger partial charge in [-0.25, -0.2) is 0 Å². The van der Waals surface area contributed by atoms with Gasteiger partial charge in [-0.15, -0.1) is 0 Å². The molecule has 0 amide bonds. The molecule has 0 aromatic carbocycles. The van der Waals surface area contributed by atoms with Crippen molar-refractivity contribution < 1.29 is 19.8 Å². The highest BCUT2D eigenvalue weighted by Gasteiger charge is 2.70. The minimum atomic E-state index is -0.875. The molecule has 6 atom stereocenters. The minimum Gasteiger partial charge on any atom is -0.481 e. The summed E-state index contributed by atoms with van der Waals surface area (Å²) in [7, 11) is 0. The molecule has 0 aliphatic heterocycles. The normalized spacial score (nSPS) is 53.5. The van der Waals surface area contributed by atoms with Crippen molar-refractivity contribution in [2.24, 2.45) is 28.1 Å². The summed E-state index contributed by atoms with van der Waals surface area (Å²) in [5, 5.41) is 20.7. The predicted molar refractivity (Wildman–Crippen MR) is 89.3 cm³/mol. The van der Waals surface area contributed by atoms with Crippen LogP contribution >= 0.6 is 0 Å². The van der Waals surface area contributed by atoms with Gasteiger partial charge in [0.05, 0.1) is 11.0 Å². The van der Waals surface area contributed by atoms with E-state index in [9.17, 15) is 19.8 Å². The van der Waals surface area contributed by atoms with Crippen molar-refractivity contribution in [3.05, 3.63) is 12.2 Å². The molecular weight excluding hydrogens is 304 g/mol. The molecule has 1 spiro atoms. The number of carbonyl (C=O) groups is 2. The van der Waals surface area contributed by atoms with Crippen molar-refractivity contribution in [1.29, 1.82) is 0 Å². The highest BCUT2D eigenvalue weighted by molar-refractivity contribution is 5.89. The number of aliphatic carboxylic acids is 1. The van der Waals surface area contributed by atoms with Crippen molar-refractivity contribution in [3.63, 3.8) is 0 Å².